The molecule has 0 saturated carbocycles. The second-order valence-corrected chi connectivity index (χ2v) is 7.63. The molecule has 5 rings (SSSR count). The van der Waals surface area contributed by atoms with Crippen LogP contribution in [0.1, 0.15) is 11.3 Å². The molecule has 1 aromatic carbocycles. The van der Waals surface area contributed by atoms with Gasteiger partial charge in [0.15, 0.2) is 11.5 Å². The summed E-state index contributed by atoms with van der Waals surface area (Å²) in [4.78, 5) is 20.1. The van der Waals surface area contributed by atoms with Gasteiger partial charge < -0.3 is 5.32 Å². The molecule has 0 radical (unpaired) electrons. The van der Waals surface area contributed by atoms with E-state index in [0.717, 1.165) is 17.1 Å². The lowest BCUT2D eigenvalue weighted by Crippen LogP contribution is -2.06. The van der Waals surface area contributed by atoms with Gasteiger partial charge in [0, 0.05) is 22.8 Å². The highest BCUT2D eigenvalue weighted by Gasteiger charge is 2.16. The van der Waals surface area contributed by atoms with Crippen LogP contribution in [0, 0.1) is 18.3 Å². The van der Waals surface area contributed by atoms with Crippen molar-refractivity contribution in [3.8, 4) is 22.6 Å². The Morgan fingerprint density at radius 3 is 2.82 bits per heavy atom. The van der Waals surface area contributed by atoms with Crippen molar-refractivity contribution in [2.45, 2.75) is 6.92 Å². The molecule has 14 heteroatoms. The molecular formula is C20H14N12OS. The maximum absolute atomic E-state index is 11.4. The average Bonchev–Trinajstić information content (AvgIpc) is 3.62. The standard InChI is InChI=1S/C20H14N12OS/c1-3-15(33)24-14-6-4-12(5-7-14)17-25-19-16(11(2)28-32(19)30-17)26-27-18-13(8-21)9-31(29-18)20-22-10-23-34-20/h3-7,9-10,28H,1H2,2H3,(H,24,33). The fraction of sp³-hybridized carbons (Fsp3) is 0.0500. The minimum absolute atomic E-state index is 0.147. The number of nitrogens with one attached hydrogen (secondary N) is 2. The van der Waals surface area contributed by atoms with Crippen molar-refractivity contribution in [1.29, 1.82) is 5.26 Å². The fourth-order valence-electron chi connectivity index (χ4n) is 3.04. The first kappa shape index (κ1) is 20.8. The van der Waals surface area contributed by atoms with Crippen LogP contribution in [0.15, 0.2) is 59.7 Å². The first-order chi connectivity index (χ1) is 16.6. The van der Waals surface area contributed by atoms with Crippen molar-refractivity contribution in [2.75, 3.05) is 5.32 Å². The molecule has 0 bridgehead atoms. The number of anilines is 1. The van der Waals surface area contributed by atoms with Gasteiger partial charge in [0.1, 0.15) is 18.0 Å². The molecule has 166 valence electrons. The summed E-state index contributed by atoms with van der Waals surface area (Å²) in [7, 11) is 0. The van der Waals surface area contributed by atoms with Crippen LogP contribution in [0.5, 0.6) is 0 Å². The summed E-state index contributed by atoms with van der Waals surface area (Å²) >= 11 is 1.14. The Hall–Kier alpha value is -5.03. The lowest BCUT2D eigenvalue weighted by molar-refractivity contribution is -0.111. The predicted octanol–water partition coefficient (Wildman–Crippen LogP) is 3.48. The van der Waals surface area contributed by atoms with Crippen LogP contribution in [0.25, 0.3) is 22.2 Å². The molecule has 0 aliphatic heterocycles. The quantitative estimate of drug-likeness (QED) is 0.283. The van der Waals surface area contributed by atoms with Crippen LogP contribution >= 0.6 is 11.5 Å². The van der Waals surface area contributed by atoms with Gasteiger partial charge in [-0.2, -0.15) is 14.3 Å². The van der Waals surface area contributed by atoms with Crippen molar-refractivity contribution in [3.05, 3.63) is 60.7 Å². The number of azo groups is 1. The molecule has 5 aromatic rings. The topological polar surface area (TPSA) is 167 Å². The van der Waals surface area contributed by atoms with Crippen molar-refractivity contribution in [1.82, 2.24) is 38.9 Å². The number of hydrogen-bond acceptors (Lipinski definition) is 10. The Kier molecular flexibility index (Phi) is 5.20. The fourth-order valence-corrected chi connectivity index (χ4v) is 3.50. The van der Waals surface area contributed by atoms with Gasteiger partial charge in [-0.15, -0.1) is 20.4 Å². The number of aromatic amines is 1. The molecule has 0 aliphatic carbocycles. The smallest absolute Gasteiger partial charge is 0.247 e. The second-order valence-electron chi connectivity index (χ2n) is 6.87. The zero-order chi connectivity index (χ0) is 23.7. The van der Waals surface area contributed by atoms with E-state index >= 15 is 0 Å². The molecule has 13 nitrogen and oxygen atoms in total. The van der Waals surface area contributed by atoms with E-state index in [4.69, 9.17) is 0 Å². The number of benzene rings is 1. The Balaban J connectivity index is 1.45. The third-order valence-corrected chi connectivity index (χ3v) is 5.30. The number of nitrogens with zero attached hydrogens (tertiary/aromatic N) is 10. The maximum Gasteiger partial charge on any atom is 0.247 e. The average molecular weight is 470 g/mol. The van der Waals surface area contributed by atoms with Gasteiger partial charge in [-0.25, -0.2) is 14.6 Å². The summed E-state index contributed by atoms with van der Waals surface area (Å²) in [6.07, 6.45) is 4.12. The zero-order valence-corrected chi connectivity index (χ0v) is 18.4. The van der Waals surface area contributed by atoms with Crippen LogP contribution < -0.4 is 5.32 Å². The van der Waals surface area contributed by atoms with Crippen LogP contribution in [-0.4, -0.2) is 44.9 Å². The molecule has 4 heterocycles. The SMILES string of the molecule is C=CC(=O)Nc1ccc(-c2nc3c(N=Nc4nn(-c5ncns5)cc4C#N)c(C)[nH]n3n2)cc1. The van der Waals surface area contributed by atoms with Crippen LogP contribution in [0.3, 0.4) is 0 Å². The minimum atomic E-state index is -0.292. The summed E-state index contributed by atoms with van der Waals surface area (Å²) in [5.41, 5.74) is 3.23. The summed E-state index contributed by atoms with van der Waals surface area (Å²) in [5, 5.41) is 32.9. The summed E-state index contributed by atoms with van der Waals surface area (Å²) in [6.45, 7) is 5.24. The predicted molar refractivity (Wildman–Crippen MR) is 122 cm³/mol. The van der Waals surface area contributed by atoms with E-state index < -0.39 is 0 Å². The van der Waals surface area contributed by atoms with E-state index in [1.165, 1.54) is 27.9 Å². The van der Waals surface area contributed by atoms with Gasteiger partial charge in [-0.05, 0) is 37.3 Å². The second kappa shape index (κ2) is 8.48. The van der Waals surface area contributed by atoms with E-state index in [9.17, 15) is 10.1 Å². The number of carbonyl (C=O) groups excluding carboxylic acids is 1. The molecule has 0 fully saturated rings. The van der Waals surface area contributed by atoms with Crippen LogP contribution in [-0.2, 0) is 4.79 Å². The van der Waals surface area contributed by atoms with Gasteiger partial charge in [-0.3, -0.25) is 9.89 Å². The van der Waals surface area contributed by atoms with E-state index in [2.05, 4.69) is 57.8 Å². The molecule has 0 unspecified atom stereocenters. The number of aromatic nitrogens is 8. The van der Waals surface area contributed by atoms with Crippen molar-refractivity contribution in [3.63, 3.8) is 0 Å². The van der Waals surface area contributed by atoms with Crippen molar-refractivity contribution < 1.29 is 4.79 Å². The summed E-state index contributed by atoms with van der Waals surface area (Å²) in [5.74, 6) is 0.315. The largest absolute Gasteiger partial charge is 0.323 e. The monoisotopic (exact) mass is 470 g/mol. The Bertz CT molecular complexity index is 1580. The van der Waals surface area contributed by atoms with E-state index in [-0.39, 0.29) is 17.3 Å². The van der Waals surface area contributed by atoms with E-state index in [0.29, 0.717) is 33.7 Å². The lowest BCUT2D eigenvalue weighted by Gasteiger charge is -2.02. The normalized spacial score (nSPS) is 11.2. The Labute approximate surface area is 195 Å². The van der Waals surface area contributed by atoms with Gasteiger partial charge in [0.25, 0.3) is 0 Å². The molecule has 0 saturated heterocycles. The van der Waals surface area contributed by atoms with Gasteiger partial charge in [0.05, 0.1) is 11.9 Å². The molecule has 1 amide bonds. The third-order valence-electron chi connectivity index (χ3n) is 4.65. The minimum Gasteiger partial charge on any atom is -0.323 e. The highest BCUT2D eigenvalue weighted by molar-refractivity contribution is 7.07. The van der Waals surface area contributed by atoms with Crippen LogP contribution in [0.2, 0.25) is 0 Å². The molecule has 4 aromatic heterocycles. The number of hydrogen-bond donors (Lipinski definition) is 2. The Morgan fingerprint density at radius 1 is 1.29 bits per heavy atom. The maximum atomic E-state index is 11.4. The molecule has 2 N–H and O–H groups in total. The Morgan fingerprint density at radius 2 is 2.12 bits per heavy atom. The molecule has 34 heavy (non-hydrogen) atoms. The van der Waals surface area contributed by atoms with Crippen molar-refractivity contribution in [2.24, 2.45) is 10.2 Å². The highest BCUT2D eigenvalue weighted by atomic mass is 32.1. The zero-order valence-electron chi connectivity index (χ0n) is 17.5. The molecular weight excluding hydrogens is 456 g/mol. The number of H-pyrrole nitrogens is 1. The van der Waals surface area contributed by atoms with Gasteiger partial charge in [-0.1, -0.05) is 6.58 Å². The van der Waals surface area contributed by atoms with E-state index in [1.54, 1.807) is 24.3 Å². The summed E-state index contributed by atoms with van der Waals surface area (Å²) < 4.78 is 6.86. The number of amides is 1. The van der Waals surface area contributed by atoms with Gasteiger partial charge >= 0.3 is 0 Å². The molecule has 0 atom stereocenters. The first-order valence-corrected chi connectivity index (χ1v) is 10.5. The first-order valence-electron chi connectivity index (χ1n) is 9.73. The number of fused-ring (bicyclic) bond motifs is 1. The number of aryl methyl sites for hydroxylation is 1. The van der Waals surface area contributed by atoms with Crippen LogP contribution in [0.4, 0.5) is 17.2 Å². The molecule has 0 spiro atoms. The third kappa shape index (κ3) is 3.82. The van der Waals surface area contributed by atoms with Gasteiger partial charge in [0.2, 0.25) is 22.5 Å². The lowest BCUT2D eigenvalue weighted by atomic mass is 10.2. The van der Waals surface area contributed by atoms with Crippen molar-refractivity contribution >= 4 is 40.3 Å². The summed E-state index contributed by atoms with van der Waals surface area (Å²) in [6, 6.07) is 9.13. The molecule has 0 aliphatic rings. The number of rotatable bonds is 6. The number of carbonyl (C=O) groups is 1. The van der Waals surface area contributed by atoms with E-state index in [1.807, 2.05) is 6.92 Å². The number of nitriles is 1. The highest BCUT2D eigenvalue weighted by Crippen LogP contribution is 2.29.